The van der Waals surface area contributed by atoms with Crippen LogP contribution >= 0.6 is 11.8 Å². The fourth-order valence-corrected chi connectivity index (χ4v) is 3.94. The van der Waals surface area contributed by atoms with Crippen LogP contribution in [-0.2, 0) is 16.1 Å². The van der Waals surface area contributed by atoms with Crippen molar-refractivity contribution in [1.29, 1.82) is 0 Å². The van der Waals surface area contributed by atoms with Crippen LogP contribution in [-0.4, -0.2) is 52.2 Å². The summed E-state index contributed by atoms with van der Waals surface area (Å²) in [6, 6.07) is 10.2. The number of nitrogens with one attached hydrogen (secondary N) is 1. The average molecular weight is 359 g/mol. The second-order valence-electron chi connectivity index (χ2n) is 6.15. The van der Waals surface area contributed by atoms with E-state index in [1.54, 1.807) is 0 Å². The van der Waals surface area contributed by atoms with Crippen molar-refractivity contribution in [3.63, 3.8) is 0 Å². The Kier molecular flexibility index (Phi) is 4.89. The topological polar surface area (TPSA) is 72.3 Å². The number of para-hydroxylation sites is 1. The summed E-state index contributed by atoms with van der Waals surface area (Å²) in [5.41, 5.74) is 1.11. The van der Waals surface area contributed by atoms with E-state index in [4.69, 9.17) is 4.74 Å². The van der Waals surface area contributed by atoms with E-state index in [9.17, 15) is 4.79 Å². The van der Waals surface area contributed by atoms with E-state index in [1.165, 1.54) is 11.8 Å². The lowest BCUT2D eigenvalue weighted by atomic mass is 10.2. The van der Waals surface area contributed by atoms with Crippen LogP contribution in [0.5, 0.6) is 0 Å². The number of hydrogen-bond donors (Lipinski definition) is 1. The smallest absolute Gasteiger partial charge is 0.232 e. The number of aromatic nitrogens is 3. The normalized spacial score (nSPS) is 19.2. The molecule has 132 valence electrons. The van der Waals surface area contributed by atoms with Crippen LogP contribution in [0.2, 0.25) is 0 Å². The minimum atomic E-state index is 0.00997. The summed E-state index contributed by atoms with van der Waals surface area (Å²) in [5.74, 6) is 1.19. The summed E-state index contributed by atoms with van der Waals surface area (Å²) >= 11 is 1.43. The van der Waals surface area contributed by atoms with Gasteiger partial charge in [0.05, 0.1) is 11.9 Å². The predicted octanol–water partition coefficient (Wildman–Crippen LogP) is 1.82. The molecule has 0 spiro atoms. The third-order valence-electron chi connectivity index (χ3n) is 4.44. The number of hydrogen-bond acceptors (Lipinski definition) is 6. The summed E-state index contributed by atoms with van der Waals surface area (Å²) in [4.78, 5) is 14.2. The monoisotopic (exact) mass is 359 g/mol. The second kappa shape index (κ2) is 7.45. The molecule has 25 heavy (non-hydrogen) atoms. The van der Waals surface area contributed by atoms with Gasteiger partial charge in [-0.25, -0.2) is 0 Å². The highest BCUT2D eigenvalue weighted by atomic mass is 32.2. The maximum absolute atomic E-state index is 12.0. The first kappa shape index (κ1) is 16.4. The quantitative estimate of drug-likeness (QED) is 0.793. The maximum atomic E-state index is 12.0. The summed E-state index contributed by atoms with van der Waals surface area (Å²) in [7, 11) is 0. The first-order valence-corrected chi connectivity index (χ1v) is 9.57. The molecule has 1 aromatic carbocycles. The van der Waals surface area contributed by atoms with Crippen molar-refractivity contribution in [2.75, 3.05) is 30.3 Å². The van der Waals surface area contributed by atoms with E-state index in [0.717, 1.165) is 49.3 Å². The maximum Gasteiger partial charge on any atom is 0.232 e. The molecule has 1 atom stereocenters. The highest BCUT2D eigenvalue weighted by Gasteiger charge is 2.26. The number of nitrogens with zero attached hydrogens (tertiary/aromatic N) is 4. The zero-order valence-electron chi connectivity index (χ0n) is 13.9. The summed E-state index contributed by atoms with van der Waals surface area (Å²) in [5, 5.41) is 12.3. The first-order chi connectivity index (χ1) is 12.3. The molecule has 1 amide bonds. The SMILES string of the molecule is O=C(CSc1nnc2n1CCN2c1ccccc1)NCC1CCCO1. The van der Waals surface area contributed by atoms with Crippen LogP contribution in [0.4, 0.5) is 11.6 Å². The van der Waals surface area contributed by atoms with Crippen molar-refractivity contribution in [1.82, 2.24) is 20.1 Å². The lowest BCUT2D eigenvalue weighted by Gasteiger charge is -2.14. The van der Waals surface area contributed by atoms with Gasteiger partial charge in [-0.3, -0.25) is 9.36 Å². The standard InChI is InChI=1S/C17H21N5O2S/c23-15(18-11-14-7-4-10-24-14)12-25-17-20-19-16-21(8-9-22(16)17)13-5-2-1-3-6-13/h1-3,5-6,14H,4,7-12H2,(H,18,23). The Labute approximate surface area is 150 Å². The summed E-state index contributed by atoms with van der Waals surface area (Å²) in [6.07, 6.45) is 2.28. The van der Waals surface area contributed by atoms with E-state index >= 15 is 0 Å². The highest BCUT2D eigenvalue weighted by molar-refractivity contribution is 7.99. The fraction of sp³-hybridized carbons (Fsp3) is 0.471. The second-order valence-corrected chi connectivity index (χ2v) is 7.09. The minimum Gasteiger partial charge on any atom is -0.376 e. The molecule has 0 aliphatic carbocycles. The number of ether oxygens (including phenoxy) is 1. The van der Waals surface area contributed by atoms with Gasteiger partial charge in [0, 0.05) is 31.9 Å². The van der Waals surface area contributed by atoms with Gasteiger partial charge < -0.3 is 15.0 Å². The van der Waals surface area contributed by atoms with Crippen molar-refractivity contribution >= 4 is 29.3 Å². The van der Waals surface area contributed by atoms with Crippen molar-refractivity contribution < 1.29 is 9.53 Å². The number of anilines is 2. The molecule has 1 unspecified atom stereocenters. The average Bonchev–Trinajstić information content (AvgIpc) is 3.37. The zero-order chi connectivity index (χ0) is 17.1. The molecule has 4 rings (SSSR count). The number of carbonyl (C=O) groups excluding carboxylic acids is 1. The molecule has 1 aromatic heterocycles. The van der Waals surface area contributed by atoms with Crippen LogP contribution in [0.3, 0.4) is 0 Å². The van der Waals surface area contributed by atoms with Crippen molar-refractivity contribution in [2.24, 2.45) is 0 Å². The van der Waals surface area contributed by atoms with Crippen LogP contribution in [0, 0.1) is 0 Å². The van der Waals surface area contributed by atoms with Crippen LogP contribution < -0.4 is 10.2 Å². The number of benzene rings is 1. The Morgan fingerprint density at radius 3 is 2.96 bits per heavy atom. The molecule has 0 saturated carbocycles. The third kappa shape index (κ3) is 3.64. The molecule has 8 heteroatoms. The van der Waals surface area contributed by atoms with Gasteiger partial charge in [-0.2, -0.15) is 0 Å². The number of rotatable bonds is 6. The third-order valence-corrected chi connectivity index (χ3v) is 5.40. The minimum absolute atomic E-state index is 0.00997. The molecule has 3 heterocycles. The molecule has 1 N–H and O–H groups in total. The van der Waals surface area contributed by atoms with Gasteiger partial charge in [-0.15, -0.1) is 10.2 Å². The Bertz CT molecular complexity index is 730. The van der Waals surface area contributed by atoms with Gasteiger partial charge in [0.25, 0.3) is 0 Å². The van der Waals surface area contributed by atoms with Gasteiger partial charge in [0.2, 0.25) is 11.9 Å². The van der Waals surface area contributed by atoms with Crippen LogP contribution in [0.25, 0.3) is 0 Å². The van der Waals surface area contributed by atoms with Crippen molar-refractivity contribution in [2.45, 2.75) is 30.6 Å². The molecule has 7 nitrogen and oxygen atoms in total. The molecular weight excluding hydrogens is 338 g/mol. The van der Waals surface area contributed by atoms with E-state index in [2.05, 4.69) is 37.1 Å². The zero-order valence-corrected chi connectivity index (χ0v) is 14.7. The highest BCUT2D eigenvalue weighted by Crippen LogP contribution is 2.31. The Morgan fingerprint density at radius 1 is 1.28 bits per heavy atom. The van der Waals surface area contributed by atoms with E-state index < -0.39 is 0 Å². The Balaban J connectivity index is 1.33. The molecule has 2 aliphatic rings. The molecular formula is C17H21N5O2S. The number of thioether (sulfide) groups is 1. The van der Waals surface area contributed by atoms with E-state index in [0.29, 0.717) is 12.3 Å². The molecule has 1 saturated heterocycles. The lowest BCUT2D eigenvalue weighted by molar-refractivity contribution is -0.119. The molecule has 0 radical (unpaired) electrons. The number of fused-ring (bicyclic) bond motifs is 1. The molecule has 1 fully saturated rings. The summed E-state index contributed by atoms with van der Waals surface area (Å²) in [6.45, 7) is 3.10. The lowest BCUT2D eigenvalue weighted by Crippen LogP contribution is -2.32. The van der Waals surface area contributed by atoms with Crippen LogP contribution in [0.15, 0.2) is 35.5 Å². The Hall–Kier alpha value is -2.06. The van der Waals surface area contributed by atoms with Gasteiger partial charge in [-0.05, 0) is 25.0 Å². The Morgan fingerprint density at radius 2 is 2.16 bits per heavy atom. The number of amides is 1. The van der Waals surface area contributed by atoms with Crippen molar-refractivity contribution in [3.8, 4) is 0 Å². The van der Waals surface area contributed by atoms with Gasteiger partial charge in [0.15, 0.2) is 5.16 Å². The van der Waals surface area contributed by atoms with Crippen LogP contribution in [0.1, 0.15) is 12.8 Å². The fourth-order valence-electron chi connectivity index (χ4n) is 3.15. The first-order valence-electron chi connectivity index (χ1n) is 8.58. The number of carbonyl (C=O) groups is 1. The molecule has 2 aromatic rings. The van der Waals surface area contributed by atoms with Gasteiger partial charge in [0.1, 0.15) is 0 Å². The van der Waals surface area contributed by atoms with E-state index in [-0.39, 0.29) is 12.0 Å². The van der Waals surface area contributed by atoms with Crippen molar-refractivity contribution in [3.05, 3.63) is 30.3 Å². The van der Waals surface area contributed by atoms with Gasteiger partial charge in [-0.1, -0.05) is 30.0 Å². The predicted molar refractivity (Wildman–Crippen MR) is 96.2 cm³/mol. The van der Waals surface area contributed by atoms with E-state index in [1.807, 2.05) is 18.2 Å². The molecule has 2 aliphatic heterocycles. The largest absolute Gasteiger partial charge is 0.376 e. The molecule has 0 bridgehead atoms. The van der Waals surface area contributed by atoms with Gasteiger partial charge >= 0.3 is 0 Å². The summed E-state index contributed by atoms with van der Waals surface area (Å²) < 4.78 is 7.59.